The van der Waals surface area contributed by atoms with Gasteiger partial charge >= 0.3 is 0 Å². The summed E-state index contributed by atoms with van der Waals surface area (Å²) in [5, 5.41) is 12.8. The van der Waals surface area contributed by atoms with Crippen LogP contribution in [0.3, 0.4) is 0 Å². The van der Waals surface area contributed by atoms with Crippen LogP contribution < -0.4 is 14.8 Å². The normalized spacial score (nSPS) is 13.8. The molecule has 4 nitrogen and oxygen atoms in total. The van der Waals surface area contributed by atoms with E-state index in [1.165, 1.54) is 5.56 Å². The van der Waals surface area contributed by atoms with Gasteiger partial charge in [-0.05, 0) is 44.0 Å². The molecule has 4 heteroatoms. The van der Waals surface area contributed by atoms with Gasteiger partial charge in [0.2, 0.25) is 0 Å². The van der Waals surface area contributed by atoms with Crippen molar-refractivity contribution < 1.29 is 14.6 Å². The average molecular weight is 281 g/mol. The summed E-state index contributed by atoms with van der Waals surface area (Å²) in [5.74, 6) is 1.45. The number of hydrogen-bond acceptors (Lipinski definition) is 4. The zero-order chi connectivity index (χ0) is 15.0. The molecule has 0 spiro atoms. The molecule has 1 rings (SSSR count). The van der Waals surface area contributed by atoms with E-state index in [0.717, 1.165) is 25.1 Å². The van der Waals surface area contributed by atoms with Crippen LogP contribution in [0.2, 0.25) is 0 Å². The van der Waals surface area contributed by atoms with E-state index in [-0.39, 0.29) is 6.61 Å². The van der Waals surface area contributed by atoms with E-state index in [9.17, 15) is 5.11 Å². The second kappa shape index (κ2) is 8.12. The Bertz CT molecular complexity index is 409. The second-order valence-electron chi connectivity index (χ2n) is 5.27. The summed E-state index contributed by atoms with van der Waals surface area (Å²) in [4.78, 5) is 0. The van der Waals surface area contributed by atoms with Crippen LogP contribution >= 0.6 is 0 Å². The van der Waals surface area contributed by atoms with Crippen LogP contribution in [0.1, 0.15) is 32.8 Å². The molecule has 0 saturated carbocycles. The highest BCUT2D eigenvalue weighted by Crippen LogP contribution is 2.28. The highest BCUT2D eigenvalue weighted by Gasteiger charge is 2.23. The minimum Gasteiger partial charge on any atom is -0.493 e. The molecule has 0 aromatic heterocycles. The van der Waals surface area contributed by atoms with Crippen molar-refractivity contribution in [2.24, 2.45) is 0 Å². The predicted molar refractivity (Wildman–Crippen MR) is 81.7 cm³/mol. The first-order chi connectivity index (χ1) is 9.58. The molecule has 0 fully saturated rings. The fourth-order valence-electron chi connectivity index (χ4n) is 1.87. The Balaban J connectivity index is 2.72. The third-order valence-corrected chi connectivity index (χ3v) is 3.33. The summed E-state index contributed by atoms with van der Waals surface area (Å²) in [6, 6.07) is 5.95. The van der Waals surface area contributed by atoms with Gasteiger partial charge in [-0.25, -0.2) is 0 Å². The largest absolute Gasteiger partial charge is 0.493 e. The third kappa shape index (κ3) is 4.69. The quantitative estimate of drug-likeness (QED) is 0.730. The Hall–Kier alpha value is -1.26. The van der Waals surface area contributed by atoms with Crippen molar-refractivity contribution in [3.8, 4) is 11.5 Å². The van der Waals surface area contributed by atoms with Gasteiger partial charge in [0.1, 0.15) is 6.61 Å². The summed E-state index contributed by atoms with van der Waals surface area (Å²) >= 11 is 0. The molecular formula is C16H27NO3. The number of ether oxygens (including phenoxy) is 2. The van der Waals surface area contributed by atoms with Gasteiger partial charge in [-0.2, -0.15) is 0 Å². The zero-order valence-corrected chi connectivity index (χ0v) is 13.0. The highest BCUT2D eigenvalue weighted by atomic mass is 16.5. The number of aliphatic hydroxyl groups excluding tert-OH is 1. The van der Waals surface area contributed by atoms with E-state index in [1.54, 1.807) is 7.11 Å². The number of nitrogens with one attached hydrogen (secondary N) is 1. The number of aryl methyl sites for hydroxylation is 1. The molecule has 1 aromatic rings. The van der Waals surface area contributed by atoms with E-state index in [0.29, 0.717) is 12.4 Å². The molecule has 0 radical (unpaired) electrons. The lowest BCUT2D eigenvalue weighted by atomic mass is 10.1. The molecule has 1 unspecified atom stereocenters. The Kier molecular flexibility index (Phi) is 6.82. The van der Waals surface area contributed by atoms with E-state index in [4.69, 9.17) is 9.47 Å². The van der Waals surface area contributed by atoms with Gasteiger partial charge in [0, 0.05) is 0 Å². The van der Waals surface area contributed by atoms with Crippen LogP contribution in [0, 0.1) is 0 Å². The lowest BCUT2D eigenvalue weighted by molar-refractivity contribution is 0.114. The molecule has 0 aliphatic heterocycles. The topological polar surface area (TPSA) is 50.7 Å². The Morgan fingerprint density at radius 3 is 2.55 bits per heavy atom. The molecule has 2 N–H and O–H groups in total. The van der Waals surface area contributed by atoms with Gasteiger partial charge in [-0.15, -0.1) is 0 Å². The van der Waals surface area contributed by atoms with Crippen molar-refractivity contribution in [1.82, 2.24) is 5.32 Å². The average Bonchev–Trinajstić information content (AvgIpc) is 2.50. The van der Waals surface area contributed by atoms with Gasteiger partial charge in [-0.3, -0.25) is 0 Å². The van der Waals surface area contributed by atoms with Crippen molar-refractivity contribution in [3.63, 3.8) is 0 Å². The lowest BCUT2D eigenvalue weighted by Gasteiger charge is -2.29. The van der Waals surface area contributed by atoms with E-state index in [2.05, 4.69) is 19.2 Å². The summed E-state index contributed by atoms with van der Waals surface area (Å²) < 4.78 is 11.2. The molecular weight excluding hydrogens is 254 g/mol. The first kappa shape index (κ1) is 16.8. The molecule has 0 bridgehead atoms. The Labute approximate surface area is 122 Å². The fraction of sp³-hybridized carbons (Fsp3) is 0.625. The molecule has 0 amide bonds. The molecule has 1 atom stereocenters. The summed E-state index contributed by atoms with van der Waals surface area (Å²) in [5.41, 5.74) is 0.771. The maximum Gasteiger partial charge on any atom is 0.161 e. The molecule has 0 saturated heterocycles. The van der Waals surface area contributed by atoms with Gasteiger partial charge in [-0.1, -0.05) is 19.9 Å². The minimum absolute atomic E-state index is 0.0301. The van der Waals surface area contributed by atoms with E-state index >= 15 is 0 Å². The Morgan fingerprint density at radius 1 is 1.25 bits per heavy atom. The molecule has 0 aliphatic carbocycles. The highest BCUT2D eigenvalue weighted by molar-refractivity contribution is 5.43. The number of benzene rings is 1. The van der Waals surface area contributed by atoms with Crippen LogP contribution in [0.25, 0.3) is 0 Å². The molecule has 0 aliphatic rings. The minimum atomic E-state index is -0.440. The smallest absolute Gasteiger partial charge is 0.161 e. The lowest BCUT2D eigenvalue weighted by Crippen LogP contribution is -2.50. The van der Waals surface area contributed by atoms with Crippen molar-refractivity contribution in [2.45, 2.75) is 39.2 Å². The summed E-state index contributed by atoms with van der Waals surface area (Å²) in [6.45, 7) is 7.43. The number of rotatable bonds is 9. The van der Waals surface area contributed by atoms with Crippen LogP contribution in [0.4, 0.5) is 0 Å². The van der Waals surface area contributed by atoms with E-state index in [1.807, 2.05) is 25.1 Å². The van der Waals surface area contributed by atoms with Crippen LogP contribution in [-0.2, 0) is 6.42 Å². The maximum absolute atomic E-state index is 9.52. The van der Waals surface area contributed by atoms with Crippen molar-refractivity contribution in [2.75, 3.05) is 26.9 Å². The van der Waals surface area contributed by atoms with Gasteiger partial charge in [0.05, 0.1) is 19.3 Å². The van der Waals surface area contributed by atoms with E-state index < -0.39 is 5.54 Å². The number of aliphatic hydroxyl groups is 1. The van der Waals surface area contributed by atoms with Crippen molar-refractivity contribution in [1.29, 1.82) is 0 Å². The van der Waals surface area contributed by atoms with Crippen molar-refractivity contribution in [3.05, 3.63) is 23.8 Å². The zero-order valence-electron chi connectivity index (χ0n) is 13.0. The SMILES string of the molecule is CCCNC(C)(CO)COc1ccc(CC)cc1OC. The molecule has 20 heavy (non-hydrogen) atoms. The van der Waals surface area contributed by atoms with Crippen LogP contribution in [0.5, 0.6) is 11.5 Å². The molecule has 114 valence electrons. The second-order valence-corrected chi connectivity index (χ2v) is 5.27. The fourth-order valence-corrected chi connectivity index (χ4v) is 1.87. The monoisotopic (exact) mass is 281 g/mol. The van der Waals surface area contributed by atoms with Crippen molar-refractivity contribution >= 4 is 0 Å². The van der Waals surface area contributed by atoms with Crippen LogP contribution in [-0.4, -0.2) is 37.5 Å². The first-order valence-electron chi connectivity index (χ1n) is 7.24. The maximum atomic E-state index is 9.52. The van der Waals surface area contributed by atoms with Gasteiger partial charge in [0.15, 0.2) is 11.5 Å². The number of methoxy groups -OCH3 is 1. The number of hydrogen-bond donors (Lipinski definition) is 2. The third-order valence-electron chi connectivity index (χ3n) is 3.33. The predicted octanol–water partition coefficient (Wildman–Crippen LogP) is 2.39. The summed E-state index contributed by atoms with van der Waals surface area (Å²) in [7, 11) is 1.64. The molecule has 1 aromatic carbocycles. The van der Waals surface area contributed by atoms with Crippen LogP contribution in [0.15, 0.2) is 18.2 Å². The summed E-state index contributed by atoms with van der Waals surface area (Å²) in [6.07, 6.45) is 1.98. The Morgan fingerprint density at radius 2 is 2.00 bits per heavy atom. The first-order valence-corrected chi connectivity index (χ1v) is 7.24. The van der Waals surface area contributed by atoms with Gasteiger partial charge in [0.25, 0.3) is 0 Å². The van der Waals surface area contributed by atoms with Gasteiger partial charge < -0.3 is 19.9 Å². The molecule has 0 heterocycles. The standard InChI is InChI=1S/C16H27NO3/c1-5-9-17-16(3,11-18)12-20-14-8-7-13(6-2)10-15(14)19-4/h7-8,10,17-18H,5-6,9,11-12H2,1-4H3.